The summed E-state index contributed by atoms with van der Waals surface area (Å²) in [5, 5.41) is 2.04. The Kier molecular flexibility index (Phi) is 3.12. The van der Waals surface area contributed by atoms with Gasteiger partial charge in [0.25, 0.3) is 0 Å². The molecular formula is C15H17N3S. The van der Waals surface area contributed by atoms with Crippen LogP contribution in [0.2, 0.25) is 0 Å². The lowest BCUT2D eigenvalue weighted by Crippen LogP contribution is -2.15. The average molecular weight is 271 g/mol. The van der Waals surface area contributed by atoms with Crippen LogP contribution >= 0.6 is 11.3 Å². The molecule has 3 rings (SSSR count). The SMILES string of the molecule is Cc1ccc(C(N)Cc2cn3ccsc3n2)c(C)c1. The molecule has 2 heterocycles. The molecule has 0 saturated carbocycles. The minimum absolute atomic E-state index is 0.00482. The second kappa shape index (κ2) is 4.79. The number of rotatable bonds is 3. The van der Waals surface area contributed by atoms with Crippen LogP contribution in [0.3, 0.4) is 0 Å². The molecule has 4 heteroatoms. The number of nitrogens with zero attached hydrogens (tertiary/aromatic N) is 2. The number of aryl methyl sites for hydroxylation is 2. The number of hydrogen-bond acceptors (Lipinski definition) is 3. The molecule has 2 aromatic heterocycles. The van der Waals surface area contributed by atoms with E-state index < -0.39 is 0 Å². The number of benzene rings is 1. The van der Waals surface area contributed by atoms with Crippen molar-refractivity contribution < 1.29 is 0 Å². The van der Waals surface area contributed by atoms with Crippen LogP contribution < -0.4 is 5.73 Å². The van der Waals surface area contributed by atoms with Crippen LogP contribution in [0.5, 0.6) is 0 Å². The Labute approximate surface area is 116 Å². The van der Waals surface area contributed by atoms with Crippen LogP contribution in [0, 0.1) is 13.8 Å². The van der Waals surface area contributed by atoms with Gasteiger partial charge < -0.3 is 5.73 Å². The van der Waals surface area contributed by atoms with E-state index in [-0.39, 0.29) is 6.04 Å². The molecule has 0 aliphatic heterocycles. The summed E-state index contributed by atoms with van der Waals surface area (Å²) >= 11 is 1.65. The zero-order chi connectivity index (χ0) is 13.4. The minimum atomic E-state index is 0.00482. The van der Waals surface area contributed by atoms with Crippen molar-refractivity contribution >= 4 is 16.3 Å². The van der Waals surface area contributed by atoms with E-state index in [0.717, 1.165) is 17.1 Å². The number of fused-ring (bicyclic) bond motifs is 1. The van der Waals surface area contributed by atoms with Crippen molar-refractivity contribution in [2.24, 2.45) is 5.73 Å². The maximum Gasteiger partial charge on any atom is 0.193 e. The van der Waals surface area contributed by atoms with Gasteiger partial charge in [0, 0.05) is 30.2 Å². The summed E-state index contributed by atoms with van der Waals surface area (Å²) in [5.74, 6) is 0. The summed E-state index contributed by atoms with van der Waals surface area (Å²) in [4.78, 5) is 5.62. The van der Waals surface area contributed by atoms with Crippen LogP contribution in [-0.2, 0) is 6.42 Å². The van der Waals surface area contributed by atoms with Gasteiger partial charge in [0.2, 0.25) is 0 Å². The maximum atomic E-state index is 6.32. The molecule has 1 atom stereocenters. The standard InChI is InChI=1S/C15H17N3S/c1-10-3-4-13(11(2)7-10)14(16)8-12-9-18-5-6-19-15(18)17-12/h3-7,9,14H,8,16H2,1-2H3. The summed E-state index contributed by atoms with van der Waals surface area (Å²) < 4.78 is 2.05. The first-order chi connectivity index (χ1) is 9.13. The monoisotopic (exact) mass is 271 g/mol. The summed E-state index contributed by atoms with van der Waals surface area (Å²) in [6, 6.07) is 6.44. The first kappa shape index (κ1) is 12.4. The highest BCUT2D eigenvalue weighted by Gasteiger charge is 2.12. The van der Waals surface area contributed by atoms with Gasteiger partial charge in [-0.25, -0.2) is 4.98 Å². The minimum Gasteiger partial charge on any atom is -0.324 e. The van der Waals surface area contributed by atoms with E-state index in [9.17, 15) is 0 Å². The molecule has 0 radical (unpaired) electrons. The molecule has 2 N–H and O–H groups in total. The third kappa shape index (κ3) is 2.41. The van der Waals surface area contributed by atoms with Crippen molar-refractivity contribution in [1.82, 2.24) is 9.38 Å². The van der Waals surface area contributed by atoms with Crippen molar-refractivity contribution in [3.05, 3.63) is 58.4 Å². The van der Waals surface area contributed by atoms with Gasteiger partial charge >= 0.3 is 0 Å². The van der Waals surface area contributed by atoms with Gasteiger partial charge in [-0.2, -0.15) is 0 Å². The molecule has 0 aliphatic carbocycles. The predicted octanol–water partition coefficient (Wildman–Crippen LogP) is 3.26. The molecule has 0 fully saturated rings. The van der Waals surface area contributed by atoms with Crippen LogP contribution in [-0.4, -0.2) is 9.38 Å². The molecular weight excluding hydrogens is 254 g/mol. The fraction of sp³-hybridized carbons (Fsp3) is 0.267. The Morgan fingerprint density at radius 2 is 2.21 bits per heavy atom. The van der Waals surface area contributed by atoms with Gasteiger partial charge in [0.15, 0.2) is 4.96 Å². The van der Waals surface area contributed by atoms with Crippen molar-refractivity contribution in [3.8, 4) is 0 Å². The maximum absolute atomic E-state index is 6.32. The fourth-order valence-electron chi connectivity index (χ4n) is 2.45. The second-order valence-corrected chi connectivity index (χ2v) is 5.87. The Hall–Kier alpha value is -1.65. The molecule has 1 unspecified atom stereocenters. The van der Waals surface area contributed by atoms with E-state index >= 15 is 0 Å². The summed E-state index contributed by atoms with van der Waals surface area (Å²) in [5.41, 5.74) is 11.1. The summed E-state index contributed by atoms with van der Waals surface area (Å²) in [7, 11) is 0. The third-order valence-electron chi connectivity index (χ3n) is 3.40. The normalized spacial score (nSPS) is 13.0. The molecule has 98 valence electrons. The third-order valence-corrected chi connectivity index (χ3v) is 4.17. The average Bonchev–Trinajstić information content (AvgIpc) is 2.89. The number of hydrogen-bond donors (Lipinski definition) is 1. The molecule has 0 spiro atoms. The van der Waals surface area contributed by atoms with Crippen LogP contribution in [0.1, 0.15) is 28.4 Å². The van der Waals surface area contributed by atoms with E-state index in [1.54, 1.807) is 11.3 Å². The number of nitrogens with two attached hydrogens (primary N) is 1. The smallest absolute Gasteiger partial charge is 0.193 e. The van der Waals surface area contributed by atoms with Crippen LogP contribution in [0.4, 0.5) is 0 Å². The highest BCUT2D eigenvalue weighted by atomic mass is 32.1. The Morgan fingerprint density at radius 1 is 1.37 bits per heavy atom. The highest BCUT2D eigenvalue weighted by molar-refractivity contribution is 7.15. The molecule has 19 heavy (non-hydrogen) atoms. The van der Waals surface area contributed by atoms with Gasteiger partial charge in [-0.1, -0.05) is 23.8 Å². The Bertz CT molecular complexity index is 683. The zero-order valence-corrected chi connectivity index (χ0v) is 11.9. The van der Waals surface area contributed by atoms with Gasteiger partial charge in [0.1, 0.15) is 0 Å². The van der Waals surface area contributed by atoms with Crippen molar-refractivity contribution in [2.75, 3.05) is 0 Å². The van der Waals surface area contributed by atoms with E-state index in [1.807, 2.05) is 11.6 Å². The molecule has 1 aromatic carbocycles. The van der Waals surface area contributed by atoms with Gasteiger partial charge in [-0.05, 0) is 25.0 Å². The first-order valence-electron chi connectivity index (χ1n) is 6.37. The van der Waals surface area contributed by atoms with E-state index in [4.69, 9.17) is 5.73 Å². The lowest BCUT2D eigenvalue weighted by Gasteiger charge is -2.14. The lowest BCUT2D eigenvalue weighted by molar-refractivity contribution is 0.705. The quantitative estimate of drug-likeness (QED) is 0.794. The Morgan fingerprint density at radius 3 is 2.95 bits per heavy atom. The van der Waals surface area contributed by atoms with Crippen molar-refractivity contribution in [3.63, 3.8) is 0 Å². The Balaban J connectivity index is 1.84. The predicted molar refractivity (Wildman–Crippen MR) is 79.6 cm³/mol. The van der Waals surface area contributed by atoms with Crippen molar-refractivity contribution in [2.45, 2.75) is 26.3 Å². The first-order valence-corrected chi connectivity index (χ1v) is 7.25. The van der Waals surface area contributed by atoms with E-state index in [0.29, 0.717) is 0 Å². The van der Waals surface area contributed by atoms with E-state index in [2.05, 4.69) is 47.6 Å². The number of imidazole rings is 1. The lowest BCUT2D eigenvalue weighted by atomic mass is 9.97. The number of aromatic nitrogens is 2. The summed E-state index contributed by atoms with van der Waals surface area (Å²) in [6.45, 7) is 4.22. The molecule has 0 saturated heterocycles. The van der Waals surface area contributed by atoms with Crippen molar-refractivity contribution in [1.29, 1.82) is 0 Å². The number of thiazole rings is 1. The van der Waals surface area contributed by atoms with Gasteiger partial charge in [-0.3, -0.25) is 4.40 Å². The molecule has 0 bridgehead atoms. The van der Waals surface area contributed by atoms with Crippen LogP contribution in [0.15, 0.2) is 36.0 Å². The summed E-state index contributed by atoms with van der Waals surface area (Å²) in [6.07, 6.45) is 4.87. The molecule has 0 amide bonds. The molecule has 0 aliphatic rings. The zero-order valence-electron chi connectivity index (χ0n) is 11.1. The van der Waals surface area contributed by atoms with Crippen LogP contribution in [0.25, 0.3) is 4.96 Å². The van der Waals surface area contributed by atoms with E-state index in [1.165, 1.54) is 16.7 Å². The topological polar surface area (TPSA) is 43.3 Å². The van der Waals surface area contributed by atoms with Gasteiger partial charge in [-0.15, -0.1) is 11.3 Å². The van der Waals surface area contributed by atoms with Gasteiger partial charge in [0.05, 0.1) is 5.69 Å². The second-order valence-electron chi connectivity index (χ2n) is 5.00. The molecule has 3 nitrogen and oxygen atoms in total. The highest BCUT2D eigenvalue weighted by Crippen LogP contribution is 2.21. The fourth-order valence-corrected chi connectivity index (χ4v) is 3.17. The largest absolute Gasteiger partial charge is 0.324 e. The molecule has 3 aromatic rings.